The van der Waals surface area contributed by atoms with E-state index in [1.165, 1.54) is 0 Å². The van der Waals surface area contributed by atoms with Crippen molar-refractivity contribution in [1.82, 2.24) is 9.78 Å². The number of hydrogen-bond acceptors (Lipinski definition) is 3. The number of aliphatic hydroxyl groups excluding tert-OH is 1. The molecule has 0 spiro atoms. The van der Waals surface area contributed by atoms with Crippen molar-refractivity contribution in [3.63, 3.8) is 0 Å². The normalized spacial score (nSPS) is 13.2. The van der Waals surface area contributed by atoms with Gasteiger partial charge in [0.05, 0.1) is 5.69 Å². The van der Waals surface area contributed by atoms with E-state index < -0.39 is 6.10 Å². The summed E-state index contributed by atoms with van der Waals surface area (Å²) in [5, 5.41) is 13.5. The topological polar surface area (TPSA) is 64.1 Å². The fraction of sp³-hybridized carbons (Fsp3) is 0.625. The van der Waals surface area contributed by atoms with Crippen LogP contribution in [0.25, 0.3) is 0 Å². The number of hydrogen-bond donors (Lipinski definition) is 2. The van der Waals surface area contributed by atoms with Gasteiger partial charge in [-0.15, -0.1) is 0 Å². The molecule has 0 saturated carbocycles. The maximum Gasteiger partial charge on any atom is 0.108 e. The van der Waals surface area contributed by atoms with Crippen molar-refractivity contribution in [2.24, 2.45) is 5.73 Å². The van der Waals surface area contributed by atoms with Crippen molar-refractivity contribution < 1.29 is 5.11 Å². The highest BCUT2D eigenvalue weighted by Crippen LogP contribution is 2.10. The molecular weight excluding hydrogens is 154 g/mol. The van der Waals surface area contributed by atoms with Gasteiger partial charge in [-0.1, -0.05) is 6.92 Å². The molecule has 0 aliphatic heterocycles. The zero-order valence-electron chi connectivity index (χ0n) is 7.27. The maximum absolute atomic E-state index is 9.44. The second-order valence-electron chi connectivity index (χ2n) is 2.73. The van der Waals surface area contributed by atoms with Crippen LogP contribution in [0.2, 0.25) is 0 Å². The maximum atomic E-state index is 9.44. The molecule has 4 nitrogen and oxygen atoms in total. The molecule has 1 heterocycles. The number of aryl methyl sites for hydroxylation is 1. The lowest BCUT2D eigenvalue weighted by Crippen LogP contribution is -2.16. The Morgan fingerprint density at radius 2 is 2.50 bits per heavy atom. The molecule has 0 bridgehead atoms. The lowest BCUT2D eigenvalue weighted by molar-refractivity contribution is 0.174. The fourth-order valence-electron chi connectivity index (χ4n) is 1.15. The second-order valence-corrected chi connectivity index (χ2v) is 2.73. The first-order valence-corrected chi connectivity index (χ1v) is 4.19. The van der Waals surface area contributed by atoms with Gasteiger partial charge in [0.25, 0.3) is 0 Å². The van der Waals surface area contributed by atoms with Crippen LogP contribution in [0.3, 0.4) is 0 Å². The van der Waals surface area contributed by atoms with E-state index in [1.807, 2.05) is 0 Å². The van der Waals surface area contributed by atoms with Gasteiger partial charge in [-0.05, 0) is 12.5 Å². The summed E-state index contributed by atoms with van der Waals surface area (Å²) in [7, 11) is 0. The number of aromatic nitrogens is 2. The van der Waals surface area contributed by atoms with Crippen molar-refractivity contribution >= 4 is 0 Å². The Morgan fingerprint density at radius 1 is 1.75 bits per heavy atom. The highest BCUT2D eigenvalue weighted by Gasteiger charge is 2.09. The summed E-state index contributed by atoms with van der Waals surface area (Å²) in [6.45, 7) is 3.15. The smallest absolute Gasteiger partial charge is 0.108 e. The molecule has 0 amide bonds. The fourth-order valence-corrected chi connectivity index (χ4v) is 1.15. The molecule has 3 N–H and O–H groups in total. The van der Waals surface area contributed by atoms with Crippen molar-refractivity contribution in [3.05, 3.63) is 18.0 Å². The van der Waals surface area contributed by atoms with Crippen molar-refractivity contribution in [3.8, 4) is 0 Å². The van der Waals surface area contributed by atoms with E-state index >= 15 is 0 Å². The Bertz CT molecular complexity index is 234. The zero-order valence-corrected chi connectivity index (χ0v) is 7.27. The van der Waals surface area contributed by atoms with Crippen LogP contribution in [0.4, 0.5) is 0 Å². The van der Waals surface area contributed by atoms with Crippen LogP contribution in [0.1, 0.15) is 25.1 Å². The van der Waals surface area contributed by atoms with Crippen molar-refractivity contribution in [2.75, 3.05) is 6.54 Å². The summed E-state index contributed by atoms with van der Waals surface area (Å²) < 4.78 is 1.79. The van der Waals surface area contributed by atoms with Gasteiger partial charge in [0.2, 0.25) is 0 Å². The van der Waals surface area contributed by atoms with Crippen LogP contribution >= 0.6 is 0 Å². The molecule has 1 rings (SSSR count). The third-order valence-corrected chi connectivity index (χ3v) is 1.75. The van der Waals surface area contributed by atoms with E-state index in [2.05, 4.69) is 12.0 Å². The first-order chi connectivity index (χ1) is 5.79. The number of aliphatic hydroxyl groups is 1. The van der Waals surface area contributed by atoms with Gasteiger partial charge in [-0.25, -0.2) is 0 Å². The third-order valence-electron chi connectivity index (χ3n) is 1.75. The van der Waals surface area contributed by atoms with Crippen LogP contribution < -0.4 is 5.73 Å². The summed E-state index contributed by atoms with van der Waals surface area (Å²) in [4.78, 5) is 0. The van der Waals surface area contributed by atoms with E-state index in [0.717, 1.165) is 18.7 Å². The summed E-state index contributed by atoms with van der Waals surface area (Å²) >= 11 is 0. The summed E-state index contributed by atoms with van der Waals surface area (Å²) in [5.74, 6) is 0. The second kappa shape index (κ2) is 4.23. The molecule has 0 radical (unpaired) electrons. The van der Waals surface area contributed by atoms with Gasteiger partial charge < -0.3 is 10.8 Å². The van der Waals surface area contributed by atoms with Crippen LogP contribution in [0.15, 0.2) is 12.3 Å². The Morgan fingerprint density at radius 3 is 3.08 bits per heavy atom. The predicted molar refractivity (Wildman–Crippen MR) is 46.5 cm³/mol. The van der Waals surface area contributed by atoms with E-state index in [4.69, 9.17) is 5.73 Å². The highest BCUT2D eigenvalue weighted by atomic mass is 16.3. The van der Waals surface area contributed by atoms with Crippen molar-refractivity contribution in [2.45, 2.75) is 26.0 Å². The third kappa shape index (κ3) is 1.84. The molecule has 0 aliphatic carbocycles. The lowest BCUT2D eigenvalue weighted by atomic mass is 10.2. The average Bonchev–Trinajstić information content (AvgIpc) is 2.52. The van der Waals surface area contributed by atoms with Gasteiger partial charge in [0, 0.05) is 19.3 Å². The average molecular weight is 169 g/mol. The molecule has 1 unspecified atom stereocenters. The van der Waals surface area contributed by atoms with Crippen LogP contribution in [0, 0.1) is 0 Å². The quantitative estimate of drug-likeness (QED) is 0.680. The monoisotopic (exact) mass is 169 g/mol. The summed E-state index contributed by atoms with van der Waals surface area (Å²) in [6.07, 6.45) is 2.11. The predicted octanol–water partition coefficient (Wildman–Crippen LogP) is 0.285. The number of nitrogens with two attached hydrogens (primary N) is 1. The minimum atomic E-state index is -0.584. The molecule has 1 aromatic rings. The van der Waals surface area contributed by atoms with Gasteiger partial charge in [-0.3, -0.25) is 4.68 Å². The molecule has 0 fully saturated rings. The molecule has 68 valence electrons. The highest BCUT2D eigenvalue weighted by molar-refractivity contribution is 5.04. The van der Waals surface area contributed by atoms with Crippen LogP contribution in [-0.4, -0.2) is 21.4 Å². The van der Waals surface area contributed by atoms with Crippen LogP contribution in [-0.2, 0) is 6.54 Å². The molecule has 4 heteroatoms. The molecule has 12 heavy (non-hydrogen) atoms. The van der Waals surface area contributed by atoms with Gasteiger partial charge in [0.1, 0.15) is 6.10 Å². The van der Waals surface area contributed by atoms with E-state index in [1.54, 1.807) is 16.9 Å². The van der Waals surface area contributed by atoms with Crippen molar-refractivity contribution in [1.29, 1.82) is 0 Å². The molecule has 0 aromatic carbocycles. The Hall–Kier alpha value is -0.870. The Labute approximate surface area is 72.0 Å². The largest absolute Gasteiger partial charge is 0.385 e. The SMILES string of the molecule is CCCn1nccc1C(O)CN. The Balaban J connectivity index is 2.76. The lowest BCUT2D eigenvalue weighted by Gasteiger charge is -2.09. The number of nitrogens with zero attached hydrogens (tertiary/aromatic N) is 2. The molecule has 1 aromatic heterocycles. The zero-order chi connectivity index (χ0) is 8.97. The molecule has 0 saturated heterocycles. The minimum absolute atomic E-state index is 0.245. The van der Waals surface area contributed by atoms with E-state index in [0.29, 0.717) is 0 Å². The van der Waals surface area contributed by atoms with E-state index in [-0.39, 0.29) is 6.54 Å². The van der Waals surface area contributed by atoms with Gasteiger partial charge in [-0.2, -0.15) is 5.10 Å². The first kappa shape index (κ1) is 9.22. The Kier molecular flexibility index (Phi) is 3.25. The number of rotatable bonds is 4. The minimum Gasteiger partial charge on any atom is -0.385 e. The van der Waals surface area contributed by atoms with Crippen LogP contribution in [0.5, 0.6) is 0 Å². The molecule has 1 atom stereocenters. The molecule has 0 aliphatic rings. The van der Waals surface area contributed by atoms with E-state index in [9.17, 15) is 5.11 Å². The standard InChI is InChI=1S/C8H15N3O/c1-2-5-11-7(3-4-10-11)8(12)6-9/h3-4,8,12H,2,5-6,9H2,1H3. The first-order valence-electron chi connectivity index (χ1n) is 4.19. The summed E-state index contributed by atoms with van der Waals surface area (Å²) in [6, 6.07) is 1.80. The van der Waals surface area contributed by atoms with Gasteiger partial charge >= 0.3 is 0 Å². The molecular formula is C8H15N3O. The van der Waals surface area contributed by atoms with Gasteiger partial charge in [0.15, 0.2) is 0 Å². The summed E-state index contributed by atoms with van der Waals surface area (Å²) in [5.41, 5.74) is 6.14.